The number of hydrogen-bond donors (Lipinski definition) is 2. The highest BCUT2D eigenvalue weighted by Gasteiger charge is 2.28. The molecule has 0 fully saturated rings. The van der Waals surface area contributed by atoms with Crippen molar-refractivity contribution < 1.29 is 4.79 Å². The fraction of sp³-hybridized carbons (Fsp3) is 0.227. The number of ketones is 1. The Hall–Kier alpha value is -2.63. The van der Waals surface area contributed by atoms with Crippen molar-refractivity contribution >= 4 is 52.1 Å². The number of carbonyl (C=O) groups is 1. The molecule has 4 rings (SSSR count). The van der Waals surface area contributed by atoms with Crippen molar-refractivity contribution in [3.05, 3.63) is 69.3 Å². The Kier molecular flexibility index (Phi) is 5.43. The van der Waals surface area contributed by atoms with Gasteiger partial charge >= 0.3 is 0 Å². The molecule has 0 radical (unpaired) electrons. The monoisotopic (exact) mass is 426 g/mol. The first-order valence-electron chi connectivity index (χ1n) is 9.38. The van der Waals surface area contributed by atoms with Crippen LogP contribution in [0.4, 0.5) is 23.1 Å². The molecule has 0 bridgehead atoms. The maximum Gasteiger partial charge on any atom is 0.229 e. The van der Waals surface area contributed by atoms with Crippen molar-refractivity contribution in [1.29, 1.82) is 0 Å². The highest BCUT2D eigenvalue weighted by atomic mass is 35.5. The van der Waals surface area contributed by atoms with Crippen molar-refractivity contribution in [3.63, 3.8) is 0 Å². The standard InChI is InChI=1S/C22H20Cl2N4O/c1-12-3-5-16(6-4-12)26-22-27-18-7-13(2)8-19(29)20(18)21(28-22)25-17-10-14(23)9-15(24)11-17/h3-6,9-11,13H,7-8H2,1-2H3,(H2,25,26,27,28). The second kappa shape index (κ2) is 8.01. The molecule has 0 saturated carbocycles. The van der Waals surface area contributed by atoms with Crippen molar-refractivity contribution in [2.75, 3.05) is 10.6 Å². The van der Waals surface area contributed by atoms with Crippen LogP contribution in [0.15, 0.2) is 42.5 Å². The normalized spacial score (nSPS) is 15.7. The van der Waals surface area contributed by atoms with Crippen molar-refractivity contribution in [3.8, 4) is 0 Å². The van der Waals surface area contributed by atoms with E-state index in [0.717, 1.165) is 17.8 Å². The SMILES string of the molecule is Cc1ccc(Nc2nc3c(c(Nc4cc(Cl)cc(Cl)c4)n2)C(=O)CC(C)C3)cc1. The van der Waals surface area contributed by atoms with E-state index in [9.17, 15) is 4.79 Å². The molecule has 148 valence electrons. The van der Waals surface area contributed by atoms with E-state index >= 15 is 0 Å². The molecule has 0 amide bonds. The number of benzene rings is 2. The van der Waals surface area contributed by atoms with Crippen LogP contribution in [-0.2, 0) is 6.42 Å². The summed E-state index contributed by atoms with van der Waals surface area (Å²) in [6, 6.07) is 13.1. The topological polar surface area (TPSA) is 66.9 Å². The second-order valence-electron chi connectivity index (χ2n) is 7.43. The Morgan fingerprint density at radius 2 is 1.62 bits per heavy atom. The molecule has 5 nitrogen and oxygen atoms in total. The molecule has 7 heteroatoms. The lowest BCUT2D eigenvalue weighted by Crippen LogP contribution is -2.22. The van der Waals surface area contributed by atoms with Crippen LogP contribution in [-0.4, -0.2) is 15.8 Å². The van der Waals surface area contributed by atoms with Gasteiger partial charge in [0.25, 0.3) is 0 Å². The molecule has 1 unspecified atom stereocenters. The number of carbonyl (C=O) groups excluding carboxylic acids is 1. The van der Waals surface area contributed by atoms with Crippen LogP contribution in [0, 0.1) is 12.8 Å². The zero-order valence-corrected chi connectivity index (χ0v) is 17.6. The first-order valence-corrected chi connectivity index (χ1v) is 10.1. The first-order chi connectivity index (χ1) is 13.9. The van der Waals surface area contributed by atoms with Gasteiger partial charge in [0.05, 0.1) is 11.3 Å². The summed E-state index contributed by atoms with van der Waals surface area (Å²) in [6.07, 6.45) is 1.20. The second-order valence-corrected chi connectivity index (χ2v) is 8.30. The minimum absolute atomic E-state index is 0.0382. The summed E-state index contributed by atoms with van der Waals surface area (Å²) in [6.45, 7) is 4.09. The Bertz CT molecular complexity index is 1060. The summed E-state index contributed by atoms with van der Waals surface area (Å²) in [4.78, 5) is 22.0. The average molecular weight is 427 g/mol. The Morgan fingerprint density at radius 1 is 0.931 bits per heavy atom. The van der Waals surface area contributed by atoms with Gasteiger partial charge in [0.15, 0.2) is 5.78 Å². The third kappa shape index (κ3) is 4.52. The number of anilines is 4. The number of fused-ring (bicyclic) bond motifs is 1. The number of Topliss-reactive ketones (excluding diaryl/α,β-unsaturated/α-hetero) is 1. The number of aromatic nitrogens is 2. The fourth-order valence-corrected chi connectivity index (χ4v) is 3.97. The minimum Gasteiger partial charge on any atom is -0.339 e. The van der Waals surface area contributed by atoms with E-state index < -0.39 is 0 Å². The minimum atomic E-state index is 0.0382. The molecule has 0 spiro atoms. The van der Waals surface area contributed by atoms with E-state index in [-0.39, 0.29) is 11.7 Å². The van der Waals surface area contributed by atoms with Gasteiger partial charge in [0, 0.05) is 27.8 Å². The summed E-state index contributed by atoms with van der Waals surface area (Å²) in [5, 5.41) is 7.45. The van der Waals surface area contributed by atoms with Crippen molar-refractivity contribution in [1.82, 2.24) is 9.97 Å². The van der Waals surface area contributed by atoms with Crippen LogP contribution >= 0.6 is 23.2 Å². The van der Waals surface area contributed by atoms with E-state index in [1.165, 1.54) is 5.56 Å². The smallest absolute Gasteiger partial charge is 0.229 e. The van der Waals surface area contributed by atoms with E-state index in [1.54, 1.807) is 18.2 Å². The van der Waals surface area contributed by atoms with Gasteiger partial charge in [-0.25, -0.2) is 4.98 Å². The zero-order valence-electron chi connectivity index (χ0n) is 16.1. The first kappa shape index (κ1) is 19.7. The predicted molar refractivity (Wildman–Crippen MR) is 118 cm³/mol. The lowest BCUT2D eigenvalue weighted by Gasteiger charge is -2.23. The van der Waals surface area contributed by atoms with Crippen LogP contribution in [0.25, 0.3) is 0 Å². The third-order valence-corrected chi connectivity index (χ3v) is 5.21. The highest BCUT2D eigenvalue weighted by Crippen LogP contribution is 2.33. The quantitative estimate of drug-likeness (QED) is 0.508. The van der Waals surface area contributed by atoms with Gasteiger partial charge in [-0.2, -0.15) is 4.98 Å². The summed E-state index contributed by atoms with van der Waals surface area (Å²) >= 11 is 12.2. The van der Waals surface area contributed by atoms with E-state index in [1.807, 2.05) is 31.2 Å². The van der Waals surface area contributed by atoms with Crippen LogP contribution < -0.4 is 10.6 Å². The van der Waals surface area contributed by atoms with Crippen LogP contribution in [0.5, 0.6) is 0 Å². The van der Waals surface area contributed by atoms with Gasteiger partial charge in [-0.05, 0) is 49.6 Å². The summed E-state index contributed by atoms with van der Waals surface area (Å²) in [5.74, 6) is 1.17. The molecule has 1 aliphatic rings. The molecule has 2 N–H and O–H groups in total. The Morgan fingerprint density at radius 3 is 2.31 bits per heavy atom. The predicted octanol–water partition coefficient (Wildman–Crippen LogP) is 6.34. The van der Waals surface area contributed by atoms with Gasteiger partial charge in [0.1, 0.15) is 5.82 Å². The Balaban J connectivity index is 1.76. The van der Waals surface area contributed by atoms with Gasteiger partial charge in [-0.15, -0.1) is 0 Å². The number of hydrogen-bond acceptors (Lipinski definition) is 5. The zero-order chi connectivity index (χ0) is 20.5. The lowest BCUT2D eigenvalue weighted by molar-refractivity contribution is 0.0953. The third-order valence-electron chi connectivity index (χ3n) is 4.77. The molecule has 1 atom stereocenters. The number of rotatable bonds is 4. The van der Waals surface area contributed by atoms with E-state index in [2.05, 4.69) is 27.5 Å². The average Bonchev–Trinajstić information content (AvgIpc) is 2.62. The van der Waals surface area contributed by atoms with Gasteiger partial charge in [-0.1, -0.05) is 47.8 Å². The molecule has 29 heavy (non-hydrogen) atoms. The number of nitrogens with zero attached hydrogens (tertiary/aromatic N) is 2. The molecule has 1 aliphatic carbocycles. The van der Waals surface area contributed by atoms with Gasteiger partial charge in [-0.3, -0.25) is 4.79 Å². The van der Waals surface area contributed by atoms with Crippen LogP contribution in [0.3, 0.4) is 0 Å². The number of nitrogens with one attached hydrogen (secondary N) is 2. The molecule has 3 aromatic rings. The summed E-state index contributed by atoms with van der Waals surface area (Å²) in [7, 11) is 0. The fourth-order valence-electron chi connectivity index (χ4n) is 3.44. The molecule has 1 aromatic heterocycles. The summed E-state index contributed by atoms with van der Waals surface area (Å²) < 4.78 is 0. The van der Waals surface area contributed by atoms with Crippen LogP contribution in [0.2, 0.25) is 10.0 Å². The van der Waals surface area contributed by atoms with Crippen molar-refractivity contribution in [2.45, 2.75) is 26.7 Å². The molecule has 1 heterocycles. The van der Waals surface area contributed by atoms with Gasteiger partial charge in [0.2, 0.25) is 5.95 Å². The highest BCUT2D eigenvalue weighted by molar-refractivity contribution is 6.35. The maximum absolute atomic E-state index is 12.8. The number of halogens is 2. The molecule has 0 aliphatic heterocycles. The molecule has 2 aromatic carbocycles. The molecule has 0 saturated heterocycles. The lowest BCUT2D eigenvalue weighted by atomic mass is 9.87. The van der Waals surface area contributed by atoms with Crippen molar-refractivity contribution in [2.24, 2.45) is 5.92 Å². The van der Waals surface area contributed by atoms with Gasteiger partial charge < -0.3 is 10.6 Å². The van der Waals surface area contributed by atoms with Crippen LogP contribution in [0.1, 0.15) is 35.0 Å². The van der Waals surface area contributed by atoms with E-state index in [4.69, 9.17) is 23.2 Å². The largest absolute Gasteiger partial charge is 0.339 e. The summed E-state index contributed by atoms with van der Waals surface area (Å²) in [5.41, 5.74) is 3.99. The number of aryl methyl sites for hydroxylation is 1. The molecular formula is C22H20Cl2N4O. The maximum atomic E-state index is 12.8. The van der Waals surface area contributed by atoms with E-state index in [0.29, 0.717) is 39.5 Å². The molecular weight excluding hydrogens is 407 g/mol. The Labute approximate surface area is 179 Å².